The number of hydrogen-bond donors (Lipinski definition) is 1. The van der Waals surface area contributed by atoms with Crippen molar-refractivity contribution in [1.29, 1.82) is 0 Å². The number of carbonyl (C=O) groups excluding carboxylic acids is 1. The van der Waals surface area contributed by atoms with Crippen molar-refractivity contribution in [3.8, 4) is 0 Å². The third kappa shape index (κ3) is 7.72. The first-order valence-electron chi connectivity index (χ1n) is 12.8. The van der Waals surface area contributed by atoms with Crippen molar-refractivity contribution in [1.82, 2.24) is 0 Å². The second-order valence-electron chi connectivity index (χ2n) is 10.7. The molecule has 0 aromatic heterocycles. The van der Waals surface area contributed by atoms with E-state index in [0.29, 0.717) is 12.0 Å². The Morgan fingerprint density at radius 2 is 1.32 bits per heavy atom. The number of aliphatic hydroxyl groups is 1. The Labute approximate surface area is 226 Å². The largest absolute Gasteiger partial charge is 0.481 e. The van der Waals surface area contributed by atoms with Crippen LogP contribution in [-0.2, 0) is 15.9 Å². The Balaban J connectivity index is 1.61. The summed E-state index contributed by atoms with van der Waals surface area (Å²) in [5.74, 6) is -0.459. The number of hydrogen-bond acceptors (Lipinski definition) is 4. The van der Waals surface area contributed by atoms with Crippen LogP contribution in [0.1, 0.15) is 78.7 Å². The third-order valence-electron chi connectivity index (χ3n) is 6.73. The minimum atomic E-state index is -0.694. The van der Waals surface area contributed by atoms with Crippen molar-refractivity contribution in [2.24, 2.45) is 0 Å². The highest BCUT2D eigenvalue weighted by atomic mass is 16.6. The second-order valence-corrected chi connectivity index (χ2v) is 10.7. The normalized spacial score (nSPS) is 12.9. The van der Waals surface area contributed by atoms with E-state index in [-0.39, 0.29) is 17.8 Å². The molecule has 0 spiro atoms. The molecule has 38 heavy (non-hydrogen) atoms. The SMILES string of the molecule is C=Cc1ccc(C(=O)OC(C)(C)Cc2ccc(C=C(O)OC(C)(C)C(C)c3ccc(C=C)cc3)cc2)cc1. The standard InChI is InChI=1S/C34H38O4/c1-8-25-14-18-29(19-15-25)24(3)34(6,7)37-31(35)22-27-10-12-28(13-11-27)23-33(4,5)38-32(36)30-20-16-26(9-2)17-21-30/h8-22,24,35H,1-2,23H2,3-7H3. The van der Waals surface area contributed by atoms with Gasteiger partial charge >= 0.3 is 5.97 Å². The Hall–Kier alpha value is -4.05. The van der Waals surface area contributed by atoms with Gasteiger partial charge in [0.15, 0.2) is 0 Å². The maximum absolute atomic E-state index is 12.6. The van der Waals surface area contributed by atoms with Crippen LogP contribution in [0, 0.1) is 0 Å². The monoisotopic (exact) mass is 510 g/mol. The smallest absolute Gasteiger partial charge is 0.338 e. The lowest BCUT2D eigenvalue weighted by atomic mass is 9.86. The van der Waals surface area contributed by atoms with Gasteiger partial charge in [0.1, 0.15) is 11.2 Å². The first-order valence-corrected chi connectivity index (χ1v) is 12.8. The van der Waals surface area contributed by atoms with Crippen molar-refractivity contribution < 1.29 is 19.4 Å². The molecule has 0 radical (unpaired) electrons. The molecule has 0 saturated carbocycles. The second kappa shape index (κ2) is 12.0. The van der Waals surface area contributed by atoms with E-state index in [1.807, 2.05) is 82.3 Å². The summed E-state index contributed by atoms with van der Waals surface area (Å²) in [4.78, 5) is 12.6. The minimum Gasteiger partial charge on any atom is -0.481 e. The Morgan fingerprint density at radius 1 is 0.816 bits per heavy atom. The van der Waals surface area contributed by atoms with E-state index in [2.05, 4.69) is 32.2 Å². The van der Waals surface area contributed by atoms with Crippen LogP contribution in [0.25, 0.3) is 18.2 Å². The number of benzene rings is 3. The highest BCUT2D eigenvalue weighted by Crippen LogP contribution is 2.33. The molecular formula is C34H38O4. The van der Waals surface area contributed by atoms with Gasteiger partial charge in [-0.2, -0.15) is 0 Å². The summed E-state index contributed by atoms with van der Waals surface area (Å²) in [7, 11) is 0. The maximum Gasteiger partial charge on any atom is 0.338 e. The molecule has 0 saturated heterocycles. The zero-order valence-corrected chi connectivity index (χ0v) is 23.0. The van der Waals surface area contributed by atoms with Crippen LogP contribution in [-0.4, -0.2) is 22.3 Å². The van der Waals surface area contributed by atoms with Crippen molar-refractivity contribution >= 4 is 24.2 Å². The Morgan fingerprint density at radius 3 is 1.84 bits per heavy atom. The molecule has 0 bridgehead atoms. The molecule has 198 valence electrons. The number of aliphatic hydroxyl groups excluding tert-OH is 1. The average Bonchev–Trinajstić information content (AvgIpc) is 2.88. The molecule has 1 N–H and O–H groups in total. The van der Waals surface area contributed by atoms with Gasteiger partial charge in [0, 0.05) is 18.4 Å². The van der Waals surface area contributed by atoms with Gasteiger partial charge < -0.3 is 14.6 Å². The summed E-state index contributed by atoms with van der Waals surface area (Å²) in [5.41, 5.74) is 4.13. The summed E-state index contributed by atoms with van der Waals surface area (Å²) in [6.07, 6.45) is 5.70. The molecule has 0 aliphatic carbocycles. The number of esters is 1. The van der Waals surface area contributed by atoms with Gasteiger partial charge in [0.05, 0.1) is 5.56 Å². The minimum absolute atomic E-state index is 0.0455. The van der Waals surface area contributed by atoms with E-state index in [4.69, 9.17) is 9.47 Å². The van der Waals surface area contributed by atoms with E-state index >= 15 is 0 Å². The molecule has 1 unspecified atom stereocenters. The molecule has 0 heterocycles. The molecule has 3 rings (SSSR count). The molecule has 0 amide bonds. The van der Waals surface area contributed by atoms with Gasteiger partial charge in [0.25, 0.3) is 5.95 Å². The van der Waals surface area contributed by atoms with E-state index < -0.39 is 11.2 Å². The summed E-state index contributed by atoms with van der Waals surface area (Å²) >= 11 is 0. The van der Waals surface area contributed by atoms with E-state index in [1.54, 1.807) is 24.3 Å². The van der Waals surface area contributed by atoms with Crippen LogP contribution in [0.3, 0.4) is 0 Å². The van der Waals surface area contributed by atoms with Gasteiger partial charge in [-0.15, -0.1) is 0 Å². The predicted octanol–water partition coefficient (Wildman–Crippen LogP) is 8.61. The highest BCUT2D eigenvalue weighted by molar-refractivity contribution is 5.90. The number of ether oxygens (including phenoxy) is 2. The average molecular weight is 511 g/mol. The molecular weight excluding hydrogens is 472 g/mol. The molecule has 0 aliphatic rings. The molecule has 4 heteroatoms. The van der Waals surface area contributed by atoms with Gasteiger partial charge in [-0.1, -0.05) is 92.9 Å². The first kappa shape index (κ1) is 28.5. The molecule has 1 atom stereocenters. The highest BCUT2D eigenvalue weighted by Gasteiger charge is 2.30. The summed E-state index contributed by atoms with van der Waals surface area (Å²) in [5, 5.41) is 10.6. The lowest BCUT2D eigenvalue weighted by Crippen LogP contribution is -2.31. The van der Waals surface area contributed by atoms with E-state index in [9.17, 15) is 9.90 Å². The fraction of sp³-hybridized carbons (Fsp3) is 0.265. The summed E-state index contributed by atoms with van der Waals surface area (Å²) < 4.78 is 11.7. The van der Waals surface area contributed by atoms with Crippen LogP contribution < -0.4 is 0 Å². The zero-order valence-electron chi connectivity index (χ0n) is 23.0. The van der Waals surface area contributed by atoms with E-state index in [1.165, 1.54) is 0 Å². The first-order chi connectivity index (χ1) is 17.9. The summed E-state index contributed by atoms with van der Waals surface area (Å²) in [6.45, 7) is 17.3. The van der Waals surface area contributed by atoms with Crippen LogP contribution in [0.5, 0.6) is 0 Å². The number of carbonyl (C=O) groups is 1. The van der Waals surface area contributed by atoms with Gasteiger partial charge in [-0.3, -0.25) is 0 Å². The van der Waals surface area contributed by atoms with E-state index in [0.717, 1.165) is 27.8 Å². The van der Waals surface area contributed by atoms with Crippen LogP contribution in [0.4, 0.5) is 0 Å². The Kier molecular flexibility index (Phi) is 9.00. The van der Waals surface area contributed by atoms with Crippen LogP contribution in [0.2, 0.25) is 0 Å². The zero-order chi connectivity index (χ0) is 27.9. The van der Waals surface area contributed by atoms with Gasteiger partial charge in [-0.05, 0) is 67.6 Å². The fourth-order valence-corrected chi connectivity index (χ4v) is 4.18. The fourth-order valence-electron chi connectivity index (χ4n) is 4.18. The molecule has 3 aromatic rings. The topological polar surface area (TPSA) is 55.8 Å². The predicted molar refractivity (Wildman–Crippen MR) is 157 cm³/mol. The van der Waals surface area contributed by atoms with Crippen molar-refractivity contribution in [2.45, 2.75) is 58.2 Å². The van der Waals surface area contributed by atoms with Crippen LogP contribution >= 0.6 is 0 Å². The number of rotatable bonds is 11. The van der Waals surface area contributed by atoms with Gasteiger partial charge in [0.2, 0.25) is 0 Å². The maximum atomic E-state index is 12.6. The lowest BCUT2D eigenvalue weighted by Gasteiger charge is -2.32. The van der Waals surface area contributed by atoms with Crippen molar-refractivity contribution in [3.63, 3.8) is 0 Å². The molecule has 3 aromatic carbocycles. The van der Waals surface area contributed by atoms with Crippen molar-refractivity contribution in [3.05, 3.63) is 125 Å². The van der Waals surface area contributed by atoms with Crippen molar-refractivity contribution in [2.75, 3.05) is 0 Å². The Bertz CT molecular complexity index is 1280. The molecule has 4 nitrogen and oxygen atoms in total. The quantitative estimate of drug-likeness (QED) is 0.207. The lowest BCUT2D eigenvalue weighted by molar-refractivity contribution is -0.0385. The summed E-state index contributed by atoms with van der Waals surface area (Å²) in [6, 6.07) is 23.1. The molecule has 0 fully saturated rings. The third-order valence-corrected chi connectivity index (χ3v) is 6.73. The van der Waals surface area contributed by atoms with Gasteiger partial charge in [-0.25, -0.2) is 4.79 Å². The van der Waals surface area contributed by atoms with Crippen LogP contribution in [0.15, 0.2) is 91.9 Å². The molecule has 0 aliphatic heterocycles.